The monoisotopic (exact) mass is 367 g/mol. The molecule has 1 unspecified atom stereocenters. The normalized spacial score (nSPS) is 28.7. The molecule has 3 saturated heterocycles. The van der Waals surface area contributed by atoms with Crippen LogP contribution in [0.2, 0.25) is 0 Å². The van der Waals surface area contributed by atoms with E-state index in [0.717, 1.165) is 38.8 Å². The molecular formula is C19H33N3O4. The molecule has 0 aromatic carbocycles. The van der Waals surface area contributed by atoms with Crippen molar-refractivity contribution in [3.63, 3.8) is 0 Å². The minimum atomic E-state index is -0.673. The summed E-state index contributed by atoms with van der Waals surface area (Å²) in [5, 5.41) is 0. The zero-order chi connectivity index (χ0) is 18.8. The van der Waals surface area contributed by atoms with Crippen molar-refractivity contribution in [2.45, 2.75) is 56.7 Å². The van der Waals surface area contributed by atoms with Crippen LogP contribution in [0, 0.1) is 0 Å². The Kier molecular flexibility index (Phi) is 5.77. The van der Waals surface area contributed by atoms with Crippen LogP contribution in [0.4, 0.5) is 4.79 Å². The van der Waals surface area contributed by atoms with Crippen LogP contribution >= 0.6 is 0 Å². The van der Waals surface area contributed by atoms with Gasteiger partial charge in [-0.3, -0.25) is 4.79 Å². The van der Waals surface area contributed by atoms with Crippen LogP contribution in [0.15, 0.2) is 0 Å². The zero-order valence-corrected chi connectivity index (χ0v) is 16.5. The molecule has 0 aromatic heterocycles. The van der Waals surface area contributed by atoms with Crippen molar-refractivity contribution in [2.75, 3.05) is 53.4 Å². The second kappa shape index (κ2) is 7.72. The van der Waals surface area contributed by atoms with Gasteiger partial charge < -0.3 is 24.2 Å². The highest BCUT2D eigenvalue weighted by atomic mass is 16.6. The second-order valence-electron chi connectivity index (χ2n) is 8.46. The van der Waals surface area contributed by atoms with Crippen molar-refractivity contribution >= 4 is 12.0 Å². The summed E-state index contributed by atoms with van der Waals surface area (Å²) in [7, 11) is 4.07. The molecule has 7 heteroatoms. The summed E-state index contributed by atoms with van der Waals surface area (Å²) in [6.07, 6.45) is 5.03. The van der Waals surface area contributed by atoms with Crippen LogP contribution in [0.25, 0.3) is 0 Å². The van der Waals surface area contributed by atoms with Crippen molar-refractivity contribution < 1.29 is 19.1 Å². The van der Waals surface area contributed by atoms with Crippen LogP contribution in [-0.2, 0) is 14.3 Å². The minimum Gasteiger partial charge on any atom is -0.441 e. The fourth-order valence-corrected chi connectivity index (χ4v) is 4.26. The third kappa shape index (κ3) is 4.14. The van der Waals surface area contributed by atoms with Crippen molar-refractivity contribution in [3.8, 4) is 0 Å². The lowest BCUT2D eigenvalue weighted by Crippen LogP contribution is -2.55. The number of carbonyl (C=O) groups excluding carboxylic acids is 2. The summed E-state index contributed by atoms with van der Waals surface area (Å²) in [6.45, 7) is 6.19. The molecule has 0 aliphatic carbocycles. The molecule has 26 heavy (non-hydrogen) atoms. The van der Waals surface area contributed by atoms with E-state index in [4.69, 9.17) is 9.47 Å². The van der Waals surface area contributed by atoms with Gasteiger partial charge in [0.1, 0.15) is 11.2 Å². The van der Waals surface area contributed by atoms with Gasteiger partial charge in [0.25, 0.3) is 5.91 Å². The van der Waals surface area contributed by atoms with Crippen LogP contribution < -0.4 is 0 Å². The number of carbonyl (C=O) groups is 2. The van der Waals surface area contributed by atoms with E-state index < -0.39 is 11.2 Å². The van der Waals surface area contributed by atoms with Gasteiger partial charge in [-0.05, 0) is 53.2 Å². The fraction of sp³-hybridized carbons (Fsp3) is 0.895. The quantitative estimate of drug-likeness (QED) is 0.740. The molecule has 0 bridgehead atoms. The van der Waals surface area contributed by atoms with Gasteiger partial charge in [-0.25, -0.2) is 4.79 Å². The van der Waals surface area contributed by atoms with E-state index >= 15 is 0 Å². The third-order valence-corrected chi connectivity index (χ3v) is 5.96. The average molecular weight is 367 g/mol. The maximum Gasteiger partial charge on any atom is 0.410 e. The Labute approximate surface area is 156 Å². The van der Waals surface area contributed by atoms with Gasteiger partial charge >= 0.3 is 6.09 Å². The van der Waals surface area contributed by atoms with E-state index in [1.807, 2.05) is 30.8 Å². The van der Waals surface area contributed by atoms with Crippen LogP contribution in [0.5, 0.6) is 0 Å². The van der Waals surface area contributed by atoms with Gasteiger partial charge in [0.15, 0.2) is 0 Å². The number of hydrogen-bond donors (Lipinski definition) is 0. The Hall–Kier alpha value is -1.34. The Balaban J connectivity index is 1.51. The smallest absolute Gasteiger partial charge is 0.410 e. The number of rotatable bonds is 5. The first kappa shape index (κ1) is 19.4. The highest BCUT2D eigenvalue weighted by molar-refractivity contribution is 5.85. The first-order chi connectivity index (χ1) is 12.3. The van der Waals surface area contributed by atoms with Crippen molar-refractivity contribution in [2.24, 2.45) is 0 Å². The van der Waals surface area contributed by atoms with E-state index in [2.05, 4.69) is 4.90 Å². The summed E-state index contributed by atoms with van der Waals surface area (Å²) < 4.78 is 11.6. The average Bonchev–Trinajstić information content (AvgIpc) is 2.91. The number of nitrogens with zero attached hydrogens (tertiary/aromatic N) is 3. The molecule has 1 spiro atoms. The molecular weight excluding hydrogens is 334 g/mol. The van der Waals surface area contributed by atoms with Gasteiger partial charge in [-0.15, -0.1) is 0 Å². The molecule has 3 aliphatic rings. The highest BCUT2D eigenvalue weighted by Crippen LogP contribution is 2.35. The molecule has 2 amide bonds. The fourth-order valence-electron chi connectivity index (χ4n) is 4.26. The van der Waals surface area contributed by atoms with E-state index in [1.165, 1.54) is 0 Å². The lowest BCUT2D eigenvalue weighted by atomic mass is 9.88. The van der Waals surface area contributed by atoms with Gasteiger partial charge in [0.2, 0.25) is 0 Å². The molecule has 7 nitrogen and oxygen atoms in total. The van der Waals surface area contributed by atoms with Crippen molar-refractivity contribution in [1.82, 2.24) is 14.7 Å². The molecule has 0 radical (unpaired) electrons. The lowest BCUT2D eigenvalue weighted by molar-refractivity contribution is -0.165. The van der Waals surface area contributed by atoms with Crippen LogP contribution in [-0.4, -0.2) is 91.3 Å². The molecule has 0 aromatic rings. The third-order valence-electron chi connectivity index (χ3n) is 5.96. The molecule has 0 saturated carbocycles. The number of hydrogen-bond acceptors (Lipinski definition) is 5. The summed E-state index contributed by atoms with van der Waals surface area (Å²) in [6, 6.07) is 0. The van der Waals surface area contributed by atoms with Crippen LogP contribution in [0.3, 0.4) is 0 Å². The largest absolute Gasteiger partial charge is 0.441 e. The summed E-state index contributed by atoms with van der Waals surface area (Å²) in [4.78, 5) is 31.0. The molecule has 0 N–H and O–H groups in total. The van der Waals surface area contributed by atoms with Crippen molar-refractivity contribution in [3.05, 3.63) is 0 Å². The minimum absolute atomic E-state index is 0.0965. The molecule has 3 rings (SSSR count). The van der Waals surface area contributed by atoms with Gasteiger partial charge in [0.05, 0.1) is 6.54 Å². The van der Waals surface area contributed by atoms with Gasteiger partial charge in [-0.1, -0.05) is 0 Å². The van der Waals surface area contributed by atoms with Crippen LogP contribution in [0.1, 0.15) is 45.4 Å². The highest BCUT2D eigenvalue weighted by Gasteiger charge is 2.49. The number of ether oxygens (including phenoxy) is 2. The van der Waals surface area contributed by atoms with E-state index in [9.17, 15) is 9.59 Å². The molecule has 1 atom stereocenters. The SMILES string of the molecule is CN(C)CCCN1CC2(CCN(C(=O)C3(C)CCCCO3)CC2)OC1=O. The zero-order valence-electron chi connectivity index (χ0n) is 16.5. The topological polar surface area (TPSA) is 62.3 Å². The summed E-state index contributed by atoms with van der Waals surface area (Å²) >= 11 is 0. The van der Waals surface area contributed by atoms with Gasteiger partial charge in [0, 0.05) is 39.1 Å². The molecule has 3 heterocycles. The molecule has 3 aliphatic heterocycles. The number of piperidine rings is 1. The summed E-state index contributed by atoms with van der Waals surface area (Å²) in [5.74, 6) is 0.0965. The maximum absolute atomic E-state index is 12.9. The molecule has 3 fully saturated rings. The first-order valence-corrected chi connectivity index (χ1v) is 9.90. The second-order valence-corrected chi connectivity index (χ2v) is 8.46. The standard InChI is InChI=1S/C19H33N3O4/c1-18(7-4-5-14-25-18)16(23)21-12-8-19(9-13-21)15-22(17(24)26-19)11-6-10-20(2)3/h4-15H2,1-3H3. The lowest BCUT2D eigenvalue weighted by Gasteiger charge is -2.42. The Morgan fingerprint density at radius 3 is 2.54 bits per heavy atom. The Bertz CT molecular complexity index is 523. The predicted octanol–water partition coefficient (Wildman–Crippen LogP) is 1.71. The van der Waals surface area contributed by atoms with E-state index in [1.54, 1.807) is 0 Å². The molecule has 148 valence electrons. The predicted molar refractivity (Wildman–Crippen MR) is 98.0 cm³/mol. The Morgan fingerprint density at radius 1 is 1.19 bits per heavy atom. The van der Waals surface area contributed by atoms with Crippen molar-refractivity contribution in [1.29, 1.82) is 0 Å². The van der Waals surface area contributed by atoms with E-state index in [-0.39, 0.29) is 12.0 Å². The maximum atomic E-state index is 12.9. The Morgan fingerprint density at radius 2 is 1.92 bits per heavy atom. The van der Waals surface area contributed by atoms with E-state index in [0.29, 0.717) is 39.1 Å². The summed E-state index contributed by atoms with van der Waals surface area (Å²) in [5.41, 5.74) is -1.09. The van der Waals surface area contributed by atoms with Gasteiger partial charge in [-0.2, -0.15) is 0 Å². The number of amides is 2. The first-order valence-electron chi connectivity index (χ1n) is 9.90. The number of likely N-dealkylation sites (tertiary alicyclic amines) is 1.